The van der Waals surface area contributed by atoms with E-state index < -0.39 is 6.04 Å². The first kappa shape index (κ1) is 22.2. The lowest BCUT2D eigenvalue weighted by Crippen LogP contribution is -2.54. The van der Waals surface area contributed by atoms with Crippen molar-refractivity contribution in [1.29, 1.82) is 0 Å². The summed E-state index contributed by atoms with van der Waals surface area (Å²) in [4.78, 5) is 38.4. The number of hydrogen-bond acceptors (Lipinski definition) is 5. The molecule has 1 aliphatic heterocycles. The van der Waals surface area contributed by atoms with E-state index in [9.17, 15) is 9.59 Å². The first-order valence-electron chi connectivity index (χ1n) is 11.8. The van der Waals surface area contributed by atoms with Crippen molar-refractivity contribution in [3.05, 3.63) is 42.6 Å². The third-order valence-corrected chi connectivity index (χ3v) is 6.53. The predicted molar refractivity (Wildman–Crippen MR) is 125 cm³/mol. The quantitative estimate of drug-likeness (QED) is 0.754. The molecule has 32 heavy (non-hydrogen) atoms. The Balaban J connectivity index is 1.27. The number of aromatic nitrogens is 2. The number of benzene rings is 1. The zero-order valence-electron chi connectivity index (χ0n) is 18.9. The lowest BCUT2D eigenvalue weighted by atomic mass is 9.87. The van der Waals surface area contributed by atoms with Crippen LogP contribution in [-0.4, -0.2) is 58.9 Å². The van der Waals surface area contributed by atoms with Gasteiger partial charge in [-0.1, -0.05) is 49.6 Å². The maximum atomic E-state index is 12.9. The van der Waals surface area contributed by atoms with Crippen molar-refractivity contribution in [3.63, 3.8) is 0 Å². The van der Waals surface area contributed by atoms with Gasteiger partial charge in [-0.2, -0.15) is 0 Å². The van der Waals surface area contributed by atoms with Crippen LogP contribution in [0.1, 0.15) is 45.4 Å². The molecule has 1 unspecified atom stereocenters. The van der Waals surface area contributed by atoms with E-state index in [2.05, 4.69) is 15.2 Å². The Bertz CT molecular complexity index is 906. The second kappa shape index (κ2) is 10.6. The van der Waals surface area contributed by atoms with Gasteiger partial charge in [0, 0.05) is 44.4 Å². The Kier molecular flexibility index (Phi) is 7.35. The average Bonchev–Trinajstić information content (AvgIpc) is 2.85. The number of anilines is 1. The maximum Gasteiger partial charge on any atom is 0.244 e. The fourth-order valence-electron chi connectivity index (χ4n) is 4.70. The van der Waals surface area contributed by atoms with Crippen molar-refractivity contribution < 1.29 is 9.59 Å². The van der Waals surface area contributed by atoms with Gasteiger partial charge in [0.15, 0.2) is 5.82 Å². The van der Waals surface area contributed by atoms with Crippen molar-refractivity contribution in [2.45, 2.75) is 51.5 Å². The van der Waals surface area contributed by atoms with Gasteiger partial charge in [-0.15, -0.1) is 0 Å². The lowest BCUT2D eigenvalue weighted by molar-refractivity contribution is -0.136. The van der Waals surface area contributed by atoms with Gasteiger partial charge in [0.05, 0.1) is 0 Å². The zero-order valence-corrected chi connectivity index (χ0v) is 18.9. The van der Waals surface area contributed by atoms with Crippen LogP contribution in [-0.2, 0) is 9.59 Å². The van der Waals surface area contributed by atoms with E-state index in [1.165, 1.54) is 19.3 Å². The summed E-state index contributed by atoms with van der Waals surface area (Å²) < 4.78 is 0. The van der Waals surface area contributed by atoms with Gasteiger partial charge < -0.3 is 15.1 Å². The first-order valence-corrected chi connectivity index (χ1v) is 11.8. The number of nitrogens with one attached hydrogen (secondary N) is 1. The third kappa shape index (κ3) is 5.64. The molecule has 1 N–H and O–H groups in total. The van der Waals surface area contributed by atoms with Crippen molar-refractivity contribution >= 4 is 17.6 Å². The highest BCUT2D eigenvalue weighted by Gasteiger charge is 2.27. The molecule has 1 saturated carbocycles. The second-order valence-corrected chi connectivity index (χ2v) is 8.91. The van der Waals surface area contributed by atoms with E-state index in [1.807, 2.05) is 41.3 Å². The third-order valence-electron chi connectivity index (χ3n) is 6.53. The average molecular weight is 436 g/mol. The minimum absolute atomic E-state index is 0.00527. The van der Waals surface area contributed by atoms with Crippen molar-refractivity contribution in [1.82, 2.24) is 20.2 Å². The molecule has 2 heterocycles. The zero-order chi connectivity index (χ0) is 22.3. The molecule has 7 heteroatoms. The number of carbonyl (C=O) groups excluding carboxylic acids is 2. The molecule has 1 aromatic carbocycles. The van der Waals surface area contributed by atoms with Gasteiger partial charge in [0.25, 0.3) is 0 Å². The number of rotatable bonds is 6. The normalized spacial score (nSPS) is 18.3. The lowest BCUT2D eigenvalue weighted by Gasteiger charge is -2.36. The van der Waals surface area contributed by atoms with Crippen LogP contribution >= 0.6 is 0 Å². The highest BCUT2D eigenvalue weighted by atomic mass is 16.2. The predicted octanol–water partition coefficient (Wildman–Crippen LogP) is 3.27. The van der Waals surface area contributed by atoms with Gasteiger partial charge in [-0.25, -0.2) is 9.97 Å². The Labute approximate surface area is 190 Å². The SMILES string of the molecule is CC(NC(=O)CC1CCCCC1)C(=O)N1CCN(c2ccnc(-c3ccccc3)n2)CC1. The molecule has 0 bridgehead atoms. The smallest absolute Gasteiger partial charge is 0.244 e. The van der Waals surface area contributed by atoms with Crippen LogP contribution in [0.5, 0.6) is 0 Å². The maximum absolute atomic E-state index is 12.9. The van der Waals surface area contributed by atoms with Gasteiger partial charge in [-0.05, 0) is 31.7 Å². The standard InChI is InChI=1S/C25H33N5O2/c1-19(27-23(31)18-20-8-4-2-5-9-20)25(32)30-16-14-29(15-17-30)22-12-13-26-24(28-22)21-10-6-3-7-11-21/h3,6-7,10-13,19-20H,2,4-5,8-9,14-18H2,1H3,(H,27,31). The molecule has 170 valence electrons. The van der Waals surface area contributed by atoms with Gasteiger partial charge >= 0.3 is 0 Å². The summed E-state index contributed by atoms with van der Waals surface area (Å²) in [6.07, 6.45) is 8.31. The summed E-state index contributed by atoms with van der Waals surface area (Å²) in [5.41, 5.74) is 0.987. The summed E-state index contributed by atoms with van der Waals surface area (Å²) in [6, 6.07) is 11.4. The summed E-state index contributed by atoms with van der Waals surface area (Å²) in [5.74, 6) is 2.05. The Morgan fingerprint density at radius 3 is 2.47 bits per heavy atom. The summed E-state index contributed by atoms with van der Waals surface area (Å²) >= 11 is 0. The summed E-state index contributed by atoms with van der Waals surface area (Å²) in [6.45, 7) is 4.45. The largest absolute Gasteiger partial charge is 0.353 e. The van der Waals surface area contributed by atoms with Gasteiger partial charge in [-0.3, -0.25) is 9.59 Å². The summed E-state index contributed by atoms with van der Waals surface area (Å²) in [5, 5.41) is 2.93. The van der Waals surface area contributed by atoms with Crippen LogP contribution in [0.15, 0.2) is 42.6 Å². The number of carbonyl (C=O) groups is 2. The fraction of sp³-hybridized carbons (Fsp3) is 0.520. The highest BCUT2D eigenvalue weighted by molar-refractivity contribution is 5.87. The molecule has 7 nitrogen and oxygen atoms in total. The Hall–Kier alpha value is -2.96. The highest BCUT2D eigenvalue weighted by Crippen LogP contribution is 2.26. The van der Waals surface area contributed by atoms with E-state index in [-0.39, 0.29) is 11.8 Å². The molecule has 0 spiro atoms. The minimum atomic E-state index is -0.485. The molecule has 2 fully saturated rings. The van der Waals surface area contributed by atoms with E-state index >= 15 is 0 Å². The molecular formula is C25H33N5O2. The molecule has 1 aromatic heterocycles. The van der Waals surface area contributed by atoms with Crippen LogP contribution in [0, 0.1) is 5.92 Å². The molecule has 1 atom stereocenters. The van der Waals surface area contributed by atoms with Crippen molar-refractivity contribution in [2.24, 2.45) is 5.92 Å². The van der Waals surface area contributed by atoms with Crippen LogP contribution in [0.25, 0.3) is 11.4 Å². The Morgan fingerprint density at radius 2 is 1.75 bits per heavy atom. The molecule has 2 aromatic rings. The monoisotopic (exact) mass is 435 g/mol. The molecule has 4 rings (SSSR count). The molecule has 1 saturated heterocycles. The molecular weight excluding hydrogens is 402 g/mol. The summed E-state index contributed by atoms with van der Waals surface area (Å²) in [7, 11) is 0. The van der Waals surface area contributed by atoms with Crippen molar-refractivity contribution in [2.75, 3.05) is 31.1 Å². The molecule has 2 amide bonds. The van der Waals surface area contributed by atoms with Gasteiger partial charge in [0.1, 0.15) is 11.9 Å². The Morgan fingerprint density at radius 1 is 1.03 bits per heavy atom. The fourth-order valence-corrected chi connectivity index (χ4v) is 4.70. The second-order valence-electron chi connectivity index (χ2n) is 8.91. The van der Waals surface area contributed by atoms with Crippen molar-refractivity contribution in [3.8, 4) is 11.4 Å². The van der Waals surface area contributed by atoms with E-state index in [1.54, 1.807) is 13.1 Å². The van der Waals surface area contributed by atoms with Crippen LogP contribution in [0.3, 0.4) is 0 Å². The number of piperazine rings is 1. The number of hydrogen-bond donors (Lipinski definition) is 1. The minimum Gasteiger partial charge on any atom is -0.353 e. The van der Waals surface area contributed by atoms with Crippen LogP contribution < -0.4 is 10.2 Å². The number of nitrogens with zero attached hydrogens (tertiary/aromatic N) is 4. The van der Waals surface area contributed by atoms with E-state index in [0.717, 1.165) is 24.2 Å². The first-order chi connectivity index (χ1) is 15.6. The van der Waals surface area contributed by atoms with E-state index in [0.29, 0.717) is 44.3 Å². The van der Waals surface area contributed by atoms with E-state index in [4.69, 9.17) is 4.98 Å². The number of amides is 2. The van der Waals surface area contributed by atoms with Crippen LogP contribution in [0.4, 0.5) is 5.82 Å². The molecule has 2 aliphatic rings. The van der Waals surface area contributed by atoms with Crippen LogP contribution in [0.2, 0.25) is 0 Å². The molecule has 0 radical (unpaired) electrons. The molecule has 1 aliphatic carbocycles. The van der Waals surface area contributed by atoms with Gasteiger partial charge in [0.2, 0.25) is 11.8 Å². The topological polar surface area (TPSA) is 78.4 Å².